The Labute approximate surface area is 353 Å². The van der Waals surface area contributed by atoms with Crippen molar-refractivity contribution in [3.8, 4) is 11.5 Å². The largest absolute Gasteiger partial charge is 0.455 e. The number of aromatic nitrogens is 2. The number of hydrogen-bond acceptors (Lipinski definition) is 9. The van der Waals surface area contributed by atoms with Crippen LogP contribution in [0.2, 0.25) is 0 Å². The third kappa shape index (κ3) is 7.38. The van der Waals surface area contributed by atoms with Gasteiger partial charge in [-0.1, -0.05) is 25.0 Å². The molecule has 59 heavy (non-hydrogen) atoms. The molecule has 2 N–H and O–H groups in total. The zero-order valence-corrected chi connectivity index (χ0v) is 36.4. The second-order valence-electron chi connectivity index (χ2n) is 20.1. The van der Waals surface area contributed by atoms with Crippen LogP contribution < -0.4 is 15.0 Å². The minimum atomic E-state index is -3.95. The second-order valence-corrected chi connectivity index (χ2v) is 22.9. The van der Waals surface area contributed by atoms with Crippen LogP contribution in [0.5, 0.6) is 11.5 Å². The summed E-state index contributed by atoms with van der Waals surface area (Å²) in [5, 5.41) is 4.50. The lowest BCUT2D eigenvalue weighted by Crippen LogP contribution is -2.65. The van der Waals surface area contributed by atoms with Gasteiger partial charge < -0.3 is 24.8 Å². The number of H-pyrrole nitrogens is 1. The van der Waals surface area contributed by atoms with E-state index in [1.807, 2.05) is 43.5 Å². The normalized spacial score (nSPS) is 26.6. The Hall–Kier alpha value is -3.90. The number of piperazine rings is 1. The van der Waals surface area contributed by atoms with Crippen LogP contribution in [-0.2, 0) is 9.84 Å². The number of rotatable bonds is 12. The van der Waals surface area contributed by atoms with Gasteiger partial charge in [-0.05, 0) is 130 Å². The summed E-state index contributed by atoms with van der Waals surface area (Å²) in [5.74, 6) is -0.381. The number of anilines is 2. The van der Waals surface area contributed by atoms with Crippen molar-refractivity contribution in [2.75, 3.05) is 68.8 Å². The molecule has 312 valence electrons. The number of carbonyl (C=O) groups is 1. The van der Waals surface area contributed by atoms with E-state index in [9.17, 15) is 13.2 Å². The lowest BCUT2D eigenvalue weighted by molar-refractivity contribution is -0.0535. The lowest BCUT2D eigenvalue weighted by Gasteiger charge is -2.70. The maximum absolute atomic E-state index is 14.1. The number of alkyl halides is 1. The van der Waals surface area contributed by atoms with Crippen molar-refractivity contribution in [3.63, 3.8) is 0 Å². The van der Waals surface area contributed by atoms with Gasteiger partial charge >= 0.3 is 0 Å². The molecule has 6 fully saturated rings. The number of benzene rings is 2. The van der Waals surface area contributed by atoms with Crippen LogP contribution in [0.25, 0.3) is 11.0 Å². The second kappa shape index (κ2) is 14.1. The number of sulfone groups is 1. The molecule has 2 aromatic heterocycles. The molecule has 2 aliphatic heterocycles. The topological polar surface area (TPSA) is 111 Å². The van der Waals surface area contributed by atoms with E-state index in [1.165, 1.54) is 19.3 Å². The van der Waals surface area contributed by atoms with Crippen molar-refractivity contribution in [1.82, 2.24) is 19.8 Å². The monoisotopic (exact) mass is 836 g/mol. The third-order valence-corrected chi connectivity index (χ3v) is 16.6. The van der Waals surface area contributed by atoms with E-state index in [-0.39, 0.29) is 15.3 Å². The Bertz CT molecular complexity index is 2450. The van der Waals surface area contributed by atoms with Gasteiger partial charge in [-0.3, -0.25) is 9.69 Å². The van der Waals surface area contributed by atoms with E-state index in [2.05, 4.69) is 50.9 Å². The predicted molar refractivity (Wildman–Crippen MR) is 235 cm³/mol. The standard InChI is InChI=1S/C47H57ClN6O4S/c1-31-17-37(6-8-40(31)51-34-20-45(21-34)29-52(4)30-45)59(56,57)25-41(55)38-7-5-35(19-42(38)58-36-18-32-10-12-49-43(32)50-23-36)54-15-13-53(14-16-54)24-33-9-11-44(2,3)22-39(33)46-26-47(48,27-46)28-46/h5-8,10,12,17-19,23,34,51H,9,11,13-16,20-22,24-30H2,1-4H3,(H,49,50). The molecule has 4 aromatic rings. The molecule has 10 nitrogen and oxygen atoms in total. The van der Waals surface area contributed by atoms with Crippen molar-refractivity contribution in [2.45, 2.75) is 87.9 Å². The number of aryl methyl sites for hydroxylation is 1. The predicted octanol–water partition coefficient (Wildman–Crippen LogP) is 8.62. The highest BCUT2D eigenvalue weighted by Gasteiger charge is 2.69. The Morgan fingerprint density at radius 1 is 1.02 bits per heavy atom. The van der Waals surface area contributed by atoms with Crippen molar-refractivity contribution >= 4 is 49.6 Å². The molecule has 0 radical (unpaired) electrons. The summed E-state index contributed by atoms with van der Waals surface area (Å²) in [6, 6.07) is 14.9. The number of allylic oxidation sites excluding steroid dienone is 1. The number of fused-ring (bicyclic) bond motifs is 1. The maximum Gasteiger partial charge on any atom is 0.185 e. The molecule has 2 aromatic carbocycles. The number of pyridine rings is 1. The van der Waals surface area contributed by atoms with Gasteiger partial charge in [0.1, 0.15) is 22.9 Å². The van der Waals surface area contributed by atoms with Crippen molar-refractivity contribution in [1.29, 1.82) is 0 Å². The SMILES string of the molecule is Cc1cc(S(=O)(=O)CC(=O)c2ccc(N3CCN(CC4=C(C56CC(Cl)(C5)C6)CC(C)(C)CC4)CC3)cc2Oc2cnc3[nH]ccc3c2)ccc1NC1CC2(C1)CN(C)C2. The van der Waals surface area contributed by atoms with Crippen molar-refractivity contribution < 1.29 is 17.9 Å². The van der Waals surface area contributed by atoms with Gasteiger partial charge in [0.05, 0.1) is 16.7 Å². The molecule has 0 atom stereocenters. The number of aromatic amines is 1. The summed E-state index contributed by atoms with van der Waals surface area (Å²) in [6.07, 6.45) is 12.8. The van der Waals surface area contributed by atoms with Gasteiger partial charge in [0.25, 0.3) is 0 Å². The fourth-order valence-corrected chi connectivity index (χ4v) is 13.7. The van der Waals surface area contributed by atoms with Gasteiger partial charge in [-0.2, -0.15) is 0 Å². The number of ketones is 1. The first kappa shape index (κ1) is 39.2. The summed E-state index contributed by atoms with van der Waals surface area (Å²) in [7, 11) is -1.79. The molecular weight excluding hydrogens is 780 g/mol. The van der Waals surface area contributed by atoms with E-state index in [4.69, 9.17) is 16.3 Å². The fraction of sp³-hybridized carbons (Fsp3) is 0.532. The van der Waals surface area contributed by atoms with Crippen LogP contribution in [0.15, 0.2) is 77.0 Å². The minimum absolute atomic E-state index is 0.0724. The highest BCUT2D eigenvalue weighted by Crippen LogP contribution is 2.75. The highest BCUT2D eigenvalue weighted by atomic mass is 35.5. The van der Waals surface area contributed by atoms with Gasteiger partial charge in [0.2, 0.25) is 0 Å². The van der Waals surface area contributed by atoms with Crippen LogP contribution in [0.1, 0.15) is 81.1 Å². The average molecular weight is 838 g/mol. The molecule has 5 aliphatic carbocycles. The molecule has 0 amide bonds. The number of likely N-dealkylation sites (tertiary alicyclic amines) is 1. The third-order valence-electron chi connectivity index (χ3n) is 14.6. The number of halogens is 1. The summed E-state index contributed by atoms with van der Waals surface area (Å²) in [4.78, 5) is 29.2. The summed E-state index contributed by atoms with van der Waals surface area (Å²) >= 11 is 6.76. The molecule has 7 aliphatic rings. The summed E-state index contributed by atoms with van der Waals surface area (Å²) in [5.41, 5.74) is 8.23. The number of hydrogen-bond donors (Lipinski definition) is 2. The van der Waals surface area contributed by atoms with E-state index in [0.717, 1.165) is 106 Å². The van der Waals surface area contributed by atoms with E-state index >= 15 is 0 Å². The molecule has 2 bridgehead atoms. The van der Waals surface area contributed by atoms with Crippen LogP contribution in [0.4, 0.5) is 11.4 Å². The van der Waals surface area contributed by atoms with Crippen LogP contribution in [0, 0.1) is 23.2 Å². The maximum atomic E-state index is 14.1. The molecule has 4 heterocycles. The van der Waals surface area contributed by atoms with Gasteiger partial charge in [-0.25, -0.2) is 13.4 Å². The Morgan fingerprint density at radius 2 is 1.78 bits per heavy atom. The molecular formula is C47H57ClN6O4S. The Balaban J connectivity index is 0.842. The first-order chi connectivity index (χ1) is 28.1. The van der Waals surface area contributed by atoms with Crippen LogP contribution in [0.3, 0.4) is 0 Å². The van der Waals surface area contributed by atoms with E-state index in [1.54, 1.807) is 35.5 Å². The first-order valence-electron chi connectivity index (χ1n) is 21.5. The van der Waals surface area contributed by atoms with Crippen molar-refractivity contribution in [3.05, 3.63) is 83.2 Å². The summed E-state index contributed by atoms with van der Waals surface area (Å²) < 4.78 is 34.1. The van der Waals surface area contributed by atoms with Crippen LogP contribution >= 0.6 is 11.6 Å². The zero-order valence-electron chi connectivity index (χ0n) is 34.9. The molecule has 12 heteroatoms. The number of Topliss-reactive ketones (excluding diaryl/α,β-unsaturated/α-hetero) is 1. The highest BCUT2D eigenvalue weighted by molar-refractivity contribution is 7.92. The number of nitrogens with one attached hydrogen (secondary N) is 2. The fourth-order valence-electron chi connectivity index (χ4n) is 11.6. The van der Waals surface area contributed by atoms with Gasteiger partial charge in [0.15, 0.2) is 15.6 Å². The van der Waals surface area contributed by atoms with E-state index in [0.29, 0.717) is 33.8 Å². The molecule has 1 spiro atoms. The van der Waals surface area contributed by atoms with Gasteiger partial charge in [-0.15, -0.1) is 11.6 Å². The lowest BCUT2D eigenvalue weighted by atomic mass is 9.39. The zero-order chi connectivity index (χ0) is 41.0. The number of carbonyl (C=O) groups excluding carboxylic acids is 1. The van der Waals surface area contributed by atoms with E-state index < -0.39 is 21.4 Å². The summed E-state index contributed by atoms with van der Waals surface area (Å²) in [6.45, 7) is 13.6. The molecule has 4 saturated carbocycles. The van der Waals surface area contributed by atoms with Gasteiger partial charge in [0, 0.05) is 85.8 Å². The molecule has 11 rings (SSSR count). The number of nitrogens with zero attached hydrogens (tertiary/aromatic N) is 4. The average Bonchev–Trinajstić information content (AvgIpc) is 3.61. The number of ether oxygens (including phenoxy) is 1. The Morgan fingerprint density at radius 3 is 2.49 bits per heavy atom. The minimum Gasteiger partial charge on any atom is -0.455 e. The Kier molecular flexibility index (Phi) is 9.36. The quantitative estimate of drug-likeness (QED) is 0.0824. The van der Waals surface area contributed by atoms with Crippen LogP contribution in [-0.4, -0.2) is 103 Å². The first-order valence-corrected chi connectivity index (χ1v) is 23.5. The molecule has 0 unspecified atom stereocenters. The molecule has 2 saturated heterocycles. The van der Waals surface area contributed by atoms with Crippen molar-refractivity contribution in [2.24, 2.45) is 16.2 Å². The smallest absolute Gasteiger partial charge is 0.185 e.